The van der Waals surface area contributed by atoms with E-state index in [4.69, 9.17) is 0 Å². The van der Waals surface area contributed by atoms with Gasteiger partial charge >= 0.3 is 0 Å². The van der Waals surface area contributed by atoms with Crippen LogP contribution >= 0.6 is 0 Å². The first-order chi connectivity index (χ1) is 9.36. The fraction of sp³-hybridized carbons (Fsp3) is 0.333. The molecule has 0 aromatic heterocycles. The highest BCUT2D eigenvalue weighted by Crippen LogP contribution is 2.14. The van der Waals surface area contributed by atoms with Crippen LogP contribution in [-0.2, 0) is 0 Å². The van der Waals surface area contributed by atoms with Crippen molar-refractivity contribution in [3.63, 3.8) is 0 Å². The van der Waals surface area contributed by atoms with Crippen LogP contribution in [0.3, 0.4) is 0 Å². The second kappa shape index (κ2) is 7.09. The maximum Gasteiger partial charge on any atom is 0.145 e. The number of benzene rings is 1. The van der Waals surface area contributed by atoms with Crippen LogP contribution in [0.25, 0.3) is 5.57 Å². The van der Waals surface area contributed by atoms with Crippen molar-refractivity contribution in [2.45, 2.75) is 18.9 Å². The Morgan fingerprint density at radius 1 is 1.45 bits per heavy atom. The van der Waals surface area contributed by atoms with Gasteiger partial charge in [-0.05, 0) is 44.8 Å². The van der Waals surface area contributed by atoms with Crippen LogP contribution in [0.2, 0.25) is 0 Å². The average molecular weight is 269 g/mol. The quantitative estimate of drug-likeness (QED) is 0.656. The molecule has 0 heterocycles. The summed E-state index contributed by atoms with van der Waals surface area (Å²) in [5.74, 6) is 5.94. The summed E-state index contributed by atoms with van der Waals surface area (Å²) >= 11 is 0. The lowest BCUT2D eigenvalue weighted by molar-refractivity contribution is 0.131. The number of allylic oxidation sites excluding steroid dienone is 1. The standard InChI is InChI=1S/C18H23NO/c1-6-18(20,12-13-19(4)5)11-10-16-8-7-9-17(14-16)15(2)3/h6-9,14,20H,1-2,12-13H2,3-5H3. The van der Waals surface area contributed by atoms with Gasteiger partial charge in [0.1, 0.15) is 5.60 Å². The van der Waals surface area contributed by atoms with E-state index in [0.717, 1.165) is 23.2 Å². The van der Waals surface area contributed by atoms with Gasteiger partial charge in [0.25, 0.3) is 0 Å². The highest BCUT2D eigenvalue weighted by atomic mass is 16.3. The molecule has 0 aliphatic carbocycles. The van der Waals surface area contributed by atoms with E-state index in [2.05, 4.69) is 25.0 Å². The second-order valence-corrected chi connectivity index (χ2v) is 5.29. The fourth-order valence-corrected chi connectivity index (χ4v) is 1.65. The molecule has 1 aromatic rings. The number of hydrogen-bond donors (Lipinski definition) is 1. The van der Waals surface area contributed by atoms with E-state index in [9.17, 15) is 5.11 Å². The number of aliphatic hydroxyl groups is 1. The normalized spacial score (nSPS) is 13.2. The first-order valence-corrected chi connectivity index (χ1v) is 6.66. The van der Waals surface area contributed by atoms with Crippen molar-refractivity contribution >= 4 is 5.57 Å². The number of rotatable bonds is 5. The molecule has 0 bridgehead atoms. The molecule has 0 spiro atoms. The van der Waals surface area contributed by atoms with Crippen LogP contribution in [0, 0.1) is 11.8 Å². The molecule has 0 saturated heterocycles. The van der Waals surface area contributed by atoms with Crippen molar-refractivity contribution in [1.29, 1.82) is 0 Å². The molecule has 2 heteroatoms. The van der Waals surface area contributed by atoms with Crippen molar-refractivity contribution in [2.75, 3.05) is 20.6 Å². The zero-order valence-electron chi connectivity index (χ0n) is 12.6. The van der Waals surface area contributed by atoms with Crippen molar-refractivity contribution in [3.05, 3.63) is 54.6 Å². The molecule has 0 aliphatic heterocycles. The molecule has 0 saturated carbocycles. The Hall–Kier alpha value is -1.82. The summed E-state index contributed by atoms with van der Waals surface area (Å²) in [6.45, 7) is 10.3. The molecule has 2 nitrogen and oxygen atoms in total. The predicted molar refractivity (Wildman–Crippen MR) is 86.3 cm³/mol. The Labute approximate surface area is 122 Å². The maximum absolute atomic E-state index is 10.4. The van der Waals surface area contributed by atoms with Crippen LogP contribution in [0.15, 0.2) is 43.5 Å². The van der Waals surface area contributed by atoms with Gasteiger partial charge in [-0.15, -0.1) is 0 Å². The molecular weight excluding hydrogens is 246 g/mol. The summed E-state index contributed by atoms with van der Waals surface area (Å²) in [6.07, 6.45) is 2.04. The first kappa shape index (κ1) is 16.2. The topological polar surface area (TPSA) is 23.5 Å². The van der Waals surface area contributed by atoms with Crippen LogP contribution in [0.1, 0.15) is 24.5 Å². The van der Waals surface area contributed by atoms with Crippen molar-refractivity contribution in [3.8, 4) is 11.8 Å². The van der Waals surface area contributed by atoms with Crippen LogP contribution < -0.4 is 0 Å². The Bertz CT molecular complexity index is 548. The summed E-state index contributed by atoms with van der Waals surface area (Å²) in [5.41, 5.74) is 1.78. The fourth-order valence-electron chi connectivity index (χ4n) is 1.65. The summed E-state index contributed by atoms with van der Waals surface area (Å²) in [7, 11) is 3.93. The lowest BCUT2D eigenvalue weighted by Crippen LogP contribution is -2.29. The molecule has 1 unspecified atom stereocenters. The molecule has 1 aromatic carbocycles. The van der Waals surface area contributed by atoms with Gasteiger partial charge in [-0.1, -0.05) is 42.7 Å². The largest absolute Gasteiger partial charge is 0.374 e. The van der Waals surface area contributed by atoms with Crippen molar-refractivity contribution in [1.82, 2.24) is 4.90 Å². The molecule has 1 N–H and O–H groups in total. The Balaban J connectivity index is 2.93. The van der Waals surface area contributed by atoms with Gasteiger partial charge in [0, 0.05) is 18.5 Å². The van der Waals surface area contributed by atoms with Crippen LogP contribution in [-0.4, -0.2) is 36.2 Å². The van der Waals surface area contributed by atoms with Gasteiger partial charge in [0.2, 0.25) is 0 Å². The third kappa shape index (κ3) is 5.05. The Morgan fingerprint density at radius 2 is 2.15 bits per heavy atom. The van der Waals surface area contributed by atoms with Gasteiger partial charge in [0.15, 0.2) is 0 Å². The van der Waals surface area contributed by atoms with Crippen LogP contribution in [0.5, 0.6) is 0 Å². The maximum atomic E-state index is 10.4. The van der Waals surface area contributed by atoms with Gasteiger partial charge in [0.05, 0.1) is 0 Å². The molecule has 1 atom stereocenters. The Morgan fingerprint density at radius 3 is 2.70 bits per heavy atom. The smallest absolute Gasteiger partial charge is 0.145 e. The van der Waals surface area contributed by atoms with Gasteiger partial charge in [-0.3, -0.25) is 0 Å². The highest BCUT2D eigenvalue weighted by molar-refractivity contribution is 5.63. The third-order valence-electron chi connectivity index (χ3n) is 3.06. The lowest BCUT2D eigenvalue weighted by atomic mass is 9.99. The summed E-state index contributed by atoms with van der Waals surface area (Å²) in [6, 6.07) is 7.85. The molecule has 0 aliphatic rings. The SMILES string of the molecule is C=CC(O)(C#Cc1cccc(C(=C)C)c1)CCN(C)C. The molecule has 0 amide bonds. The molecule has 0 radical (unpaired) electrons. The second-order valence-electron chi connectivity index (χ2n) is 5.29. The molecular formula is C18H23NO. The Kier molecular flexibility index (Phi) is 5.76. The monoisotopic (exact) mass is 269 g/mol. The molecule has 20 heavy (non-hydrogen) atoms. The van der Waals surface area contributed by atoms with Gasteiger partial charge in [-0.2, -0.15) is 0 Å². The summed E-state index contributed by atoms with van der Waals surface area (Å²) < 4.78 is 0. The highest BCUT2D eigenvalue weighted by Gasteiger charge is 2.19. The minimum atomic E-state index is -1.15. The van der Waals surface area contributed by atoms with E-state index in [1.165, 1.54) is 6.08 Å². The van der Waals surface area contributed by atoms with E-state index in [1.54, 1.807) is 0 Å². The van der Waals surface area contributed by atoms with E-state index in [1.807, 2.05) is 50.2 Å². The zero-order chi connectivity index (χ0) is 15.2. The summed E-state index contributed by atoms with van der Waals surface area (Å²) in [4.78, 5) is 2.01. The summed E-state index contributed by atoms with van der Waals surface area (Å²) in [5, 5.41) is 10.4. The average Bonchev–Trinajstić information content (AvgIpc) is 2.43. The van der Waals surface area contributed by atoms with Crippen LogP contribution in [0.4, 0.5) is 0 Å². The predicted octanol–water partition coefficient (Wildman–Crippen LogP) is 2.94. The van der Waals surface area contributed by atoms with Crippen molar-refractivity contribution < 1.29 is 5.11 Å². The molecule has 1 rings (SSSR count). The van der Waals surface area contributed by atoms with E-state index in [-0.39, 0.29) is 0 Å². The first-order valence-electron chi connectivity index (χ1n) is 6.66. The number of hydrogen-bond acceptors (Lipinski definition) is 2. The lowest BCUT2D eigenvalue weighted by Gasteiger charge is -2.20. The minimum Gasteiger partial charge on any atom is -0.374 e. The zero-order valence-corrected chi connectivity index (χ0v) is 12.6. The van der Waals surface area contributed by atoms with Crippen molar-refractivity contribution in [2.24, 2.45) is 0 Å². The number of nitrogens with zero attached hydrogens (tertiary/aromatic N) is 1. The van der Waals surface area contributed by atoms with Gasteiger partial charge < -0.3 is 10.0 Å². The molecule has 0 fully saturated rings. The van der Waals surface area contributed by atoms with E-state index < -0.39 is 5.60 Å². The van der Waals surface area contributed by atoms with E-state index >= 15 is 0 Å². The third-order valence-corrected chi connectivity index (χ3v) is 3.06. The minimum absolute atomic E-state index is 0.538. The van der Waals surface area contributed by atoms with Gasteiger partial charge in [-0.25, -0.2) is 0 Å². The molecule has 106 valence electrons. The van der Waals surface area contributed by atoms with E-state index in [0.29, 0.717) is 6.42 Å².